The summed E-state index contributed by atoms with van der Waals surface area (Å²) in [4.78, 5) is 65.9. The summed E-state index contributed by atoms with van der Waals surface area (Å²) in [6.45, 7) is 0.310. The highest BCUT2D eigenvalue weighted by atomic mass is 32.1. The Morgan fingerprint density at radius 3 is 2.57 bits per heavy atom. The third-order valence-corrected chi connectivity index (χ3v) is 6.75. The number of nitrogens with zero attached hydrogens (tertiary/aromatic N) is 1. The molecule has 12 nitrogen and oxygen atoms in total. The van der Waals surface area contributed by atoms with Crippen LogP contribution in [0.5, 0.6) is 0 Å². The zero-order valence-electron chi connectivity index (χ0n) is 20.2. The molecule has 2 heterocycles. The van der Waals surface area contributed by atoms with Gasteiger partial charge in [-0.1, -0.05) is 18.2 Å². The van der Waals surface area contributed by atoms with E-state index in [2.05, 4.69) is 28.2 Å². The van der Waals surface area contributed by atoms with E-state index >= 15 is 0 Å². The van der Waals surface area contributed by atoms with E-state index in [1.54, 1.807) is 6.20 Å². The molecule has 1 aliphatic rings. The van der Waals surface area contributed by atoms with Crippen LogP contribution in [0.2, 0.25) is 0 Å². The number of carbonyl (C=O) groups is 5. The summed E-state index contributed by atoms with van der Waals surface area (Å²) in [5.41, 5.74) is 12.6. The number of hydrogen-bond donors (Lipinski definition) is 7. The van der Waals surface area contributed by atoms with Crippen molar-refractivity contribution >= 4 is 53.1 Å². The zero-order chi connectivity index (χ0) is 27.1. The van der Waals surface area contributed by atoms with Crippen LogP contribution in [0.15, 0.2) is 30.5 Å². The molecule has 0 radical (unpaired) electrons. The number of carboxylic acid groups (broad SMARTS) is 1. The van der Waals surface area contributed by atoms with Gasteiger partial charge in [-0.25, -0.2) is 4.79 Å². The van der Waals surface area contributed by atoms with Gasteiger partial charge in [0.05, 0.1) is 6.04 Å². The predicted octanol–water partition coefficient (Wildman–Crippen LogP) is -0.722. The lowest BCUT2D eigenvalue weighted by molar-refractivity contribution is -0.143. The van der Waals surface area contributed by atoms with Crippen molar-refractivity contribution in [1.29, 1.82) is 0 Å². The quantitative estimate of drug-likeness (QED) is 0.175. The highest BCUT2D eigenvalue weighted by molar-refractivity contribution is 7.80. The van der Waals surface area contributed by atoms with E-state index in [0.29, 0.717) is 19.4 Å². The van der Waals surface area contributed by atoms with Crippen LogP contribution in [0.4, 0.5) is 0 Å². The molecule has 0 bridgehead atoms. The molecule has 0 spiro atoms. The number of fused-ring (bicyclic) bond motifs is 1. The number of rotatable bonds is 12. The largest absolute Gasteiger partial charge is 0.480 e. The minimum atomic E-state index is -1.24. The van der Waals surface area contributed by atoms with Crippen LogP contribution in [0, 0.1) is 0 Å². The number of H-pyrrole nitrogens is 1. The number of hydrogen-bond acceptors (Lipinski definition) is 7. The molecular formula is C24H32N6O6S. The summed E-state index contributed by atoms with van der Waals surface area (Å²) >= 11 is 4.15. The number of para-hydroxylation sites is 1. The van der Waals surface area contributed by atoms with Gasteiger partial charge in [0, 0.05) is 42.2 Å². The SMILES string of the molecule is NC(=O)CCC(N)C(=O)N1CCCC1C(=O)NC(CS)C(=O)NC(Cc1c[nH]c2ccccc12)C(=O)O. The van der Waals surface area contributed by atoms with Crippen LogP contribution < -0.4 is 22.1 Å². The second-order valence-corrected chi connectivity index (χ2v) is 9.37. The molecule has 1 saturated heterocycles. The van der Waals surface area contributed by atoms with Crippen LogP contribution in [-0.2, 0) is 30.4 Å². The van der Waals surface area contributed by atoms with E-state index in [9.17, 15) is 29.1 Å². The molecule has 4 atom stereocenters. The molecular weight excluding hydrogens is 500 g/mol. The molecule has 2 aromatic rings. The van der Waals surface area contributed by atoms with E-state index in [0.717, 1.165) is 16.5 Å². The number of benzene rings is 1. The standard InChI is InChI=1S/C24H32N6O6S/c25-15(7-8-20(26)31)23(34)30-9-3-6-19(30)22(33)29-18(12-37)21(32)28-17(24(35)36)10-13-11-27-16-5-2-1-4-14(13)16/h1-2,4-5,11,15,17-19,27,37H,3,6-10,12,25H2,(H2,26,31)(H,28,32)(H,29,33)(H,35,36). The van der Waals surface area contributed by atoms with Crippen LogP contribution in [0.3, 0.4) is 0 Å². The second kappa shape index (κ2) is 12.6. The number of nitrogens with one attached hydrogen (secondary N) is 3. The van der Waals surface area contributed by atoms with Gasteiger partial charge in [0.15, 0.2) is 0 Å². The lowest BCUT2D eigenvalue weighted by atomic mass is 10.0. The average Bonchev–Trinajstić information content (AvgIpc) is 3.52. The van der Waals surface area contributed by atoms with Gasteiger partial charge >= 0.3 is 5.97 Å². The Kier molecular flexibility index (Phi) is 9.53. The number of aromatic nitrogens is 1. The number of thiol groups is 1. The molecule has 0 aliphatic carbocycles. The molecule has 4 unspecified atom stereocenters. The summed E-state index contributed by atoms with van der Waals surface area (Å²) in [6.07, 6.45) is 2.68. The molecule has 1 aliphatic heterocycles. The topological polar surface area (TPSA) is 201 Å². The third kappa shape index (κ3) is 7.01. The number of carboxylic acids is 1. The summed E-state index contributed by atoms with van der Waals surface area (Å²) in [6, 6.07) is 3.22. The maximum absolute atomic E-state index is 13.0. The van der Waals surface area contributed by atoms with E-state index in [-0.39, 0.29) is 25.0 Å². The molecule has 4 amide bonds. The molecule has 3 rings (SSSR count). The molecule has 1 fully saturated rings. The normalized spacial score (nSPS) is 17.7. The molecule has 1 aromatic heterocycles. The molecule has 0 saturated carbocycles. The zero-order valence-corrected chi connectivity index (χ0v) is 21.1. The summed E-state index contributed by atoms with van der Waals surface area (Å²) in [7, 11) is 0. The van der Waals surface area contributed by atoms with Crippen molar-refractivity contribution in [3.05, 3.63) is 36.0 Å². The van der Waals surface area contributed by atoms with Crippen molar-refractivity contribution in [2.45, 2.75) is 56.3 Å². The smallest absolute Gasteiger partial charge is 0.326 e. The van der Waals surface area contributed by atoms with Gasteiger partial charge in [0.25, 0.3) is 0 Å². The van der Waals surface area contributed by atoms with Crippen molar-refractivity contribution in [3.63, 3.8) is 0 Å². The highest BCUT2D eigenvalue weighted by Gasteiger charge is 2.37. The van der Waals surface area contributed by atoms with E-state index in [1.165, 1.54) is 4.90 Å². The predicted molar refractivity (Wildman–Crippen MR) is 138 cm³/mol. The Balaban J connectivity index is 1.63. The number of primary amides is 1. The Morgan fingerprint density at radius 1 is 1.16 bits per heavy atom. The first-order valence-corrected chi connectivity index (χ1v) is 12.6. The monoisotopic (exact) mass is 532 g/mol. The first-order valence-electron chi connectivity index (χ1n) is 12.0. The van der Waals surface area contributed by atoms with Gasteiger partial charge in [0.1, 0.15) is 18.1 Å². The van der Waals surface area contributed by atoms with Gasteiger partial charge in [-0.2, -0.15) is 12.6 Å². The molecule has 8 N–H and O–H groups in total. The lowest BCUT2D eigenvalue weighted by Gasteiger charge is -2.28. The number of carbonyl (C=O) groups excluding carboxylic acids is 4. The molecule has 13 heteroatoms. The van der Waals surface area contributed by atoms with Crippen LogP contribution >= 0.6 is 12.6 Å². The maximum atomic E-state index is 13.0. The highest BCUT2D eigenvalue weighted by Crippen LogP contribution is 2.20. The first kappa shape index (κ1) is 28.0. The fourth-order valence-corrected chi connectivity index (χ4v) is 4.65. The first-order chi connectivity index (χ1) is 17.6. The fraction of sp³-hybridized carbons (Fsp3) is 0.458. The molecule has 1 aromatic carbocycles. The van der Waals surface area contributed by atoms with E-state index in [4.69, 9.17) is 11.5 Å². The van der Waals surface area contributed by atoms with Crippen molar-refractivity contribution in [2.75, 3.05) is 12.3 Å². The van der Waals surface area contributed by atoms with Crippen LogP contribution in [0.25, 0.3) is 10.9 Å². The summed E-state index contributed by atoms with van der Waals surface area (Å²) < 4.78 is 0. The number of nitrogens with two attached hydrogens (primary N) is 2. The van der Waals surface area contributed by atoms with Crippen molar-refractivity contribution < 1.29 is 29.1 Å². The summed E-state index contributed by atoms with van der Waals surface area (Å²) in [5, 5.41) is 15.6. The second-order valence-electron chi connectivity index (χ2n) is 9.01. The molecule has 200 valence electrons. The number of likely N-dealkylation sites (tertiary alicyclic amines) is 1. The van der Waals surface area contributed by atoms with Gasteiger partial charge < -0.3 is 37.1 Å². The van der Waals surface area contributed by atoms with Gasteiger partial charge in [-0.15, -0.1) is 0 Å². The number of aliphatic carboxylic acids is 1. The maximum Gasteiger partial charge on any atom is 0.326 e. The Labute approximate surface area is 218 Å². The number of aromatic amines is 1. The lowest BCUT2D eigenvalue weighted by Crippen LogP contribution is -2.57. The van der Waals surface area contributed by atoms with Gasteiger partial charge in [-0.05, 0) is 30.9 Å². The van der Waals surface area contributed by atoms with Crippen LogP contribution in [-0.4, -0.2) is 81.1 Å². The van der Waals surface area contributed by atoms with Gasteiger partial charge in [0.2, 0.25) is 23.6 Å². The minimum Gasteiger partial charge on any atom is -0.480 e. The van der Waals surface area contributed by atoms with Crippen LogP contribution in [0.1, 0.15) is 31.2 Å². The Bertz CT molecular complexity index is 1170. The van der Waals surface area contributed by atoms with Crippen molar-refractivity contribution in [1.82, 2.24) is 20.5 Å². The summed E-state index contributed by atoms with van der Waals surface area (Å²) in [5.74, 6) is -3.63. The number of amides is 4. The van der Waals surface area contributed by atoms with E-state index < -0.39 is 53.8 Å². The third-order valence-electron chi connectivity index (χ3n) is 6.39. The minimum absolute atomic E-state index is 0.0341. The average molecular weight is 533 g/mol. The Hall–Kier alpha value is -3.58. The van der Waals surface area contributed by atoms with Crippen molar-refractivity contribution in [3.8, 4) is 0 Å². The van der Waals surface area contributed by atoms with E-state index in [1.807, 2.05) is 24.3 Å². The molecule has 37 heavy (non-hydrogen) atoms. The van der Waals surface area contributed by atoms with Gasteiger partial charge in [-0.3, -0.25) is 19.2 Å². The Morgan fingerprint density at radius 2 is 1.89 bits per heavy atom. The van der Waals surface area contributed by atoms with Crippen molar-refractivity contribution in [2.24, 2.45) is 11.5 Å². The fourth-order valence-electron chi connectivity index (χ4n) is 4.39.